The van der Waals surface area contributed by atoms with E-state index in [1.165, 1.54) is 5.56 Å². The molecule has 0 unspecified atom stereocenters. The van der Waals surface area contributed by atoms with Crippen LogP contribution < -0.4 is 11.1 Å². The molecule has 0 radical (unpaired) electrons. The van der Waals surface area contributed by atoms with Crippen LogP contribution in [-0.2, 0) is 13.0 Å². The predicted molar refractivity (Wildman–Crippen MR) is 90.6 cm³/mol. The second kappa shape index (κ2) is 7.23. The molecular formula is C19H24N2O. The molecule has 0 saturated carbocycles. The summed E-state index contributed by atoms with van der Waals surface area (Å²) in [5, 5.41) is 3.03. The van der Waals surface area contributed by atoms with Crippen LogP contribution in [0.25, 0.3) is 0 Å². The SMILES string of the molecule is CC(C)(CNC(=O)c1ccc(CN)cc1)Cc1ccccc1. The van der Waals surface area contributed by atoms with Gasteiger partial charge in [0.15, 0.2) is 0 Å². The van der Waals surface area contributed by atoms with Crippen molar-refractivity contribution in [2.24, 2.45) is 11.1 Å². The van der Waals surface area contributed by atoms with Gasteiger partial charge in [0.1, 0.15) is 0 Å². The molecule has 0 saturated heterocycles. The number of nitrogens with one attached hydrogen (secondary N) is 1. The van der Waals surface area contributed by atoms with Gasteiger partial charge < -0.3 is 11.1 Å². The Labute approximate surface area is 132 Å². The number of hydrogen-bond acceptors (Lipinski definition) is 2. The van der Waals surface area contributed by atoms with Crippen molar-refractivity contribution in [1.29, 1.82) is 0 Å². The van der Waals surface area contributed by atoms with E-state index < -0.39 is 0 Å². The van der Waals surface area contributed by atoms with E-state index in [1.54, 1.807) is 0 Å². The third-order valence-electron chi connectivity index (χ3n) is 3.70. The van der Waals surface area contributed by atoms with Gasteiger partial charge in [-0.15, -0.1) is 0 Å². The molecule has 2 aromatic carbocycles. The first kappa shape index (κ1) is 16.2. The Morgan fingerprint density at radius 3 is 2.23 bits per heavy atom. The maximum absolute atomic E-state index is 12.2. The summed E-state index contributed by atoms with van der Waals surface area (Å²) in [5.41, 5.74) is 8.56. The molecule has 0 aliphatic heterocycles. The van der Waals surface area contributed by atoms with Crippen molar-refractivity contribution >= 4 is 5.91 Å². The van der Waals surface area contributed by atoms with Gasteiger partial charge >= 0.3 is 0 Å². The topological polar surface area (TPSA) is 55.1 Å². The minimum atomic E-state index is -0.0373. The minimum Gasteiger partial charge on any atom is -0.351 e. The molecule has 0 bridgehead atoms. The van der Waals surface area contributed by atoms with Gasteiger partial charge in [-0.05, 0) is 35.1 Å². The van der Waals surface area contributed by atoms with Gasteiger partial charge in [0.05, 0.1) is 0 Å². The molecular weight excluding hydrogens is 272 g/mol. The van der Waals surface area contributed by atoms with E-state index in [2.05, 4.69) is 31.3 Å². The van der Waals surface area contributed by atoms with E-state index in [0.717, 1.165) is 12.0 Å². The van der Waals surface area contributed by atoms with Crippen molar-refractivity contribution in [2.75, 3.05) is 6.54 Å². The van der Waals surface area contributed by atoms with E-state index in [0.29, 0.717) is 18.7 Å². The maximum Gasteiger partial charge on any atom is 0.251 e. The zero-order chi connectivity index (χ0) is 16.0. The van der Waals surface area contributed by atoms with Crippen molar-refractivity contribution in [3.63, 3.8) is 0 Å². The summed E-state index contributed by atoms with van der Waals surface area (Å²) in [6, 6.07) is 17.8. The smallest absolute Gasteiger partial charge is 0.251 e. The number of carbonyl (C=O) groups excluding carboxylic acids is 1. The molecule has 3 N–H and O–H groups in total. The van der Waals surface area contributed by atoms with Crippen LogP contribution in [0.2, 0.25) is 0 Å². The number of benzene rings is 2. The molecule has 0 aliphatic rings. The predicted octanol–water partition coefficient (Wildman–Crippen LogP) is 3.14. The molecule has 0 spiro atoms. The van der Waals surface area contributed by atoms with E-state index in [-0.39, 0.29) is 11.3 Å². The lowest BCUT2D eigenvalue weighted by Crippen LogP contribution is -2.35. The monoisotopic (exact) mass is 296 g/mol. The number of hydrogen-bond donors (Lipinski definition) is 2. The Morgan fingerprint density at radius 2 is 1.64 bits per heavy atom. The summed E-state index contributed by atoms with van der Waals surface area (Å²) in [4.78, 5) is 12.2. The highest BCUT2D eigenvalue weighted by Crippen LogP contribution is 2.20. The first-order valence-electron chi connectivity index (χ1n) is 7.61. The van der Waals surface area contributed by atoms with Gasteiger partial charge in [-0.3, -0.25) is 4.79 Å². The normalized spacial score (nSPS) is 11.2. The Hall–Kier alpha value is -2.13. The first-order chi connectivity index (χ1) is 10.5. The lowest BCUT2D eigenvalue weighted by atomic mass is 9.85. The largest absolute Gasteiger partial charge is 0.351 e. The fourth-order valence-corrected chi connectivity index (χ4v) is 2.42. The van der Waals surface area contributed by atoms with Gasteiger partial charge in [0.2, 0.25) is 0 Å². The fraction of sp³-hybridized carbons (Fsp3) is 0.316. The lowest BCUT2D eigenvalue weighted by Gasteiger charge is -2.25. The highest BCUT2D eigenvalue weighted by Gasteiger charge is 2.19. The third-order valence-corrected chi connectivity index (χ3v) is 3.70. The average Bonchev–Trinajstić information content (AvgIpc) is 2.53. The minimum absolute atomic E-state index is 0.00815. The number of carbonyl (C=O) groups is 1. The third kappa shape index (κ3) is 4.71. The summed E-state index contributed by atoms with van der Waals surface area (Å²) in [6.07, 6.45) is 0.931. The van der Waals surface area contributed by atoms with Crippen molar-refractivity contribution in [3.8, 4) is 0 Å². The highest BCUT2D eigenvalue weighted by atomic mass is 16.1. The molecule has 1 amide bonds. The number of amides is 1. The second-order valence-electron chi connectivity index (χ2n) is 6.41. The van der Waals surface area contributed by atoms with Gasteiger partial charge in [0.25, 0.3) is 5.91 Å². The van der Waals surface area contributed by atoms with Crippen LogP contribution in [0.15, 0.2) is 54.6 Å². The first-order valence-corrected chi connectivity index (χ1v) is 7.61. The van der Waals surface area contributed by atoms with E-state index in [1.807, 2.05) is 42.5 Å². The summed E-state index contributed by atoms with van der Waals surface area (Å²) in [7, 11) is 0. The van der Waals surface area contributed by atoms with Crippen LogP contribution >= 0.6 is 0 Å². The van der Waals surface area contributed by atoms with Crippen LogP contribution in [0, 0.1) is 5.41 Å². The molecule has 0 aromatic heterocycles. The van der Waals surface area contributed by atoms with Crippen molar-refractivity contribution < 1.29 is 4.79 Å². The summed E-state index contributed by atoms with van der Waals surface area (Å²) >= 11 is 0. The molecule has 2 rings (SSSR count). The van der Waals surface area contributed by atoms with E-state index in [9.17, 15) is 4.79 Å². The number of nitrogens with two attached hydrogens (primary N) is 1. The fourth-order valence-electron chi connectivity index (χ4n) is 2.42. The Bertz CT molecular complexity index is 603. The number of rotatable bonds is 6. The van der Waals surface area contributed by atoms with Gasteiger partial charge in [-0.2, -0.15) is 0 Å². The zero-order valence-electron chi connectivity index (χ0n) is 13.3. The standard InChI is InChI=1S/C19H24N2O/c1-19(2,12-15-6-4-3-5-7-15)14-21-18(22)17-10-8-16(13-20)9-11-17/h3-11H,12-14,20H2,1-2H3,(H,21,22). The molecule has 0 aliphatic carbocycles. The average molecular weight is 296 g/mol. The van der Waals surface area contributed by atoms with E-state index in [4.69, 9.17) is 5.73 Å². The van der Waals surface area contributed by atoms with Gasteiger partial charge in [-0.25, -0.2) is 0 Å². The van der Waals surface area contributed by atoms with Crippen molar-refractivity contribution in [1.82, 2.24) is 5.32 Å². The van der Waals surface area contributed by atoms with Crippen LogP contribution in [-0.4, -0.2) is 12.5 Å². The van der Waals surface area contributed by atoms with Crippen LogP contribution in [0.4, 0.5) is 0 Å². The Morgan fingerprint density at radius 1 is 1.00 bits per heavy atom. The molecule has 0 heterocycles. The maximum atomic E-state index is 12.2. The Balaban J connectivity index is 1.91. The Kier molecular flexibility index (Phi) is 5.34. The molecule has 2 aromatic rings. The highest BCUT2D eigenvalue weighted by molar-refractivity contribution is 5.94. The van der Waals surface area contributed by atoms with Crippen molar-refractivity contribution in [2.45, 2.75) is 26.8 Å². The van der Waals surface area contributed by atoms with Gasteiger partial charge in [0, 0.05) is 18.7 Å². The summed E-state index contributed by atoms with van der Waals surface area (Å²) in [6.45, 7) is 5.46. The summed E-state index contributed by atoms with van der Waals surface area (Å²) in [5.74, 6) is -0.0373. The molecule has 0 atom stereocenters. The van der Waals surface area contributed by atoms with Crippen LogP contribution in [0.3, 0.4) is 0 Å². The molecule has 3 heteroatoms. The van der Waals surface area contributed by atoms with Gasteiger partial charge in [-0.1, -0.05) is 56.3 Å². The van der Waals surface area contributed by atoms with Crippen molar-refractivity contribution in [3.05, 3.63) is 71.3 Å². The van der Waals surface area contributed by atoms with E-state index >= 15 is 0 Å². The molecule has 22 heavy (non-hydrogen) atoms. The lowest BCUT2D eigenvalue weighted by molar-refractivity contribution is 0.0936. The van der Waals surface area contributed by atoms with Crippen LogP contribution in [0.5, 0.6) is 0 Å². The second-order valence-corrected chi connectivity index (χ2v) is 6.41. The van der Waals surface area contributed by atoms with Crippen LogP contribution in [0.1, 0.15) is 35.3 Å². The zero-order valence-corrected chi connectivity index (χ0v) is 13.3. The molecule has 116 valence electrons. The molecule has 0 fully saturated rings. The summed E-state index contributed by atoms with van der Waals surface area (Å²) < 4.78 is 0. The molecule has 3 nitrogen and oxygen atoms in total. The quantitative estimate of drug-likeness (QED) is 0.860.